The van der Waals surface area contributed by atoms with Crippen LogP contribution in [0.15, 0.2) is 0 Å². The Balaban J connectivity index is -0.0000000155. The van der Waals surface area contributed by atoms with E-state index in [4.69, 9.17) is 4.89 Å². The minimum absolute atomic E-state index is 0. The lowest BCUT2D eigenvalue weighted by atomic mass is 10.6. The van der Waals surface area contributed by atoms with E-state index in [2.05, 4.69) is 63.4 Å². The maximum Gasteiger partial charge on any atom is 0.471 e. The molecule has 0 aliphatic rings. The van der Waals surface area contributed by atoms with Crippen molar-refractivity contribution >= 4 is 34.9 Å². The van der Waals surface area contributed by atoms with Crippen molar-refractivity contribution in [1.82, 2.24) is 0 Å². The normalized spacial score (nSPS) is 6.17. The molecule has 0 aromatic rings. The molecule has 0 fully saturated rings. The second-order valence-electron chi connectivity index (χ2n) is 3.25. The van der Waals surface area contributed by atoms with Crippen LogP contribution in [0, 0.1) is 0 Å². The highest BCUT2D eigenvalue weighted by Gasteiger charge is 2.13. The van der Waals surface area contributed by atoms with Crippen LogP contribution in [0.2, 0.25) is 0 Å². The van der Waals surface area contributed by atoms with Crippen LogP contribution in [-0.4, -0.2) is 45.8 Å². The van der Waals surface area contributed by atoms with Crippen molar-refractivity contribution in [3.8, 4) is 0 Å². The fourth-order valence-corrected chi connectivity index (χ4v) is 0.224. The van der Waals surface area contributed by atoms with Crippen LogP contribution in [0.1, 0.15) is 110 Å². The lowest BCUT2D eigenvalue weighted by Gasteiger charge is -2.01. The molecule has 0 bridgehead atoms. The summed E-state index contributed by atoms with van der Waals surface area (Å²) in [6.07, 6.45) is 2.50. The van der Waals surface area contributed by atoms with E-state index in [1.807, 2.05) is 69.2 Å². The molecule has 1 unspecified atom stereocenters. The number of rotatable bonds is 2. The highest BCUT2D eigenvalue weighted by molar-refractivity contribution is 7.47. The minimum atomic E-state index is -3.65. The Labute approximate surface area is 204 Å². The number of hydrogen-bond donors (Lipinski definition) is 1. The van der Waals surface area contributed by atoms with Crippen molar-refractivity contribution in [3.05, 3.63) is 0 Å². The first-order chi connectivity index (χ1) is 13.8. The van der Waals surface area contributed by atoms with E-state index in [9.17, 15) is 4.57 Å². The van der Waals surface area contributed by atoms with Gasteiger partial charge in [0.25, 0.3) is 0 Å². The Morgan fingerprint density at radius 3 is 0.667 bits per heavy atom. The molecule has 8 heteroatoms. The number of phosphoric ester groups is 1. The van der Waals surface area contributed by atoms with Crippen molar-refractivity contribution in [2.24, 2.45) is 0 Å². The zero-order valence-electron chi connectivity index (χ0n) is 25.2. The minimum Gasteiger partial charge on any atom is -0.303 e. The third kappa shape index (κ3) is 433. The Morgan fingerprint density at radius 1 is 0.600 bits per heavy atom. The molecule has 1 N–H and O–H groups in total. The largest absolute Gasteiger partial charge is 0.471 e. The average molecular weight is 523 g/mol. The van der Waals surface area contributed by atoms with Crippen LogP contribution < -0.4 is 0 Å². The molecule has 0 aliphatic carbocycles. The molecule has 0 aromatic heterocycles. The molecule has 30 heavy (non-hydrogen) atoms. The molecule has 0 spiro atoms. The summed E-state index contributed by atoms with van der Waals surface area (Å²) >= 11 is 0. The zero-order chi connectivity index (χ0) is 26.7. The van der Waals surface area contributed by atoms with Crippen molar-refractivity contribution in [2.75, 3.05) is 40.9 Å². The van der Waals surface area contributed by atoms with Gasteiger partial charge in [-0.1, -0.05) is 110 Å². The lowest BCUT2D eigenvalue weighted by molar-refractivity contribution is 0.204. The van der Waals surface area contributed by atoms with Crippen LogP contribution in [-0.2, 0) is 13.6 Å². The van der Waals surface area contributed by atoms with Gasteiger partial charge in [-0.05, 0) is 26.7 Å². The van der Waals surface area contributed by atoms with Gasteiger partial charge in [0.05, 0.1) is 0 Å². The van der Waals surface area contributed by atoms with Crippen LogP contribution in [0.4, 0.5) is 0 Å². The van der Waals surface area contributed by atoms with Crippen LogP contribution >= 0.6 is 34.9 Å². The van der Waals surface area contributed by atoms with Gasteiger partial charge in [0.1, 0.15) is 0 Å². The molecule has 0 saturated carbocycles. The Bertz CT molecular complexity index is 139. The van der Waals surface area contributed by atoms with Crippen molar-refractivity contribution < 1.29 is 18.5 Å². The molecular weight excluding hydrogens is 452 g/mol. The molecule has 0 rings (SSSR count). The average Bonchev–Trinajstić information content (AvgIpc) is 2.77. The van der Waals surface area contributed by atoms with Gasteiger partial charge in [0.15, 0.2) is 0 Å². The molecule has 0 heterocycles. The highest BCUT2D eigenvalue weighted by Crippen LogP contribution is 2.40. The van der Waals surface area contributed by atoms with Gasteiger partial charge in [0.2, 0.25) is 0 Å². The van der Waals surface area contributed by atoms with Gasteiger partial charge >= 0.3 is 7.82 Å². The smallest absolute Gasteiger partial charge is 0.303 e. The number of hydrogen-bond acceptors (Lipinski definition) is 3. The zero-order valence-corrected chi connectivity index (χ0v) is 29.5. The summed E-state index contributed by atoms with van der Waals surface area (Å²) in [5.41, 5.74) is 0. The third-order valence-corrected chi connectivity index (χ3v) is 1.38. The first-order valence-electron chi connectivity index (χ1n) is 11.4. The Morgan fingerprint density at radius 2 is 0.667 bits per heavy atom. The molecule has 0 amide bonds. The van der Waals surface area contributed by atoms with Gasteiger partial charge in [-0.2, -0.15) is 9.90 Å². The van der Waals surface area contributed by atoms with Crippen molar-refractivity contribution in [2.45, 2.75) is 110 Å². The standard InChI is InChI=1S/2C3H8.C2H7O4P.2C2H7P.5C2H6.H3P/c2*1-3-2;1-5-7(3,4)6-2;2*1-3-2;5*1-2;/h2*3H2,1-2H3;1-2H3,(H,3,4);2*3H,1-2H3;5*1-2H3;1H3. The molecule has 0 aromatic carbocycles. The molecule has 4 nitrogen and oxygen atoms in total. The summed E-state index contributed by atoms with van der Waals surface area (Å²) in [6.45, 7) is 37.1. The molecular formula is C22H70O4P4. The second kappa shape index (κ2) is 146. The number of phosphoric acid groups is 1. The van der Waals surface area contributed by atoms with Gasteiger partial charge in [-0.25, -0.2) is 4.57 Å². The molecule has 0 aliphatic heterocycles. The third-order valence-electron chi connectivity index (χ3n) is 0.461. The van der Waals surface area contributed by atoms with E-state index in [1.165, 1.54) is 12.8 Å². The first kappa shape index (κ1) is 69.7. The topological polar surface area (TPSA) is 55.8 Å². The quantitative estimate of drug-likeness (QED) is 0.367. The fraction of sp³-hybridized carbons (Fsp3) is 1.00. The summed E-state index contributed by atoms with van der Waals surface area (Å²) in [4.78, 5) is 8.24. The molecule has 202 valence electrons. The van der Waals surface area contributed by atoms with Crippen LogP contribution in [0.3, 0.4) is 0 Å². The van der Waals surface area contributed by atoms with E-state index in [-0.39, 0.29) is 9.90 Å². The van der Waals surface area contributed by atoms with Gasteiger partial charge in [-0.3, -0.25) is 9.05 Å². The summed E-state index contributed by atoms with van der Waals surface area (Å²) in [7, 11) is 0.715. The summed E-state index contributed by atoms with van der Waals surface area (Å²) in [6, 6.07) is 0. The summed E-state index contributed by atoms with van der Waals surface area (Å²) < 4.78 is 18.0. The SMILES string of the molecule is CC.CC.CC.CC.CC.CCC.CCC.COP(=O)(O)OC.CPC.CPC.P. The van der Waals surface area contributed by atoms with Gasteiger partial charge < -0.3 is 4.89 Å². The Kier molecular flexibility index (Phi) is 340. The van der Waals surface area contributed by atoms with E-state index < -0.39 is 7.82 Å². The van der Waals surface area contributed by atoms with Crippen molar-refractivity contribution in [3.63, 3.8) is 0 Å². The molecule has 1 atom stereocenters. The lowest BCUT2D eigenvalue weighted by Crippen LogP contribution is -1.83. The monoisotopic (exact) mass is 522 g/mol. The Hall–Kier alpha value is 1.40. The summed E-state index contributed by atoms with van der Waals surface area (Å²) in [5, 5.41) is 0. The van der Waals surface area contributed by atoms with Crippen molar-refractivity contribution in [1.29, 1.82) is 0 Å². The van der Waals surface area contributed by atoms with E-state index in [0.717, 1.165) is 31.4 Å². The highest BCUT2D eigenvalue weighted by atomic mass is 31.2. The molecule has 0 radical (unpaired) electrons. The maximum absolute atomic E-state index is 10.1. The molecule has 0 saturated heterocycles. The van der Waals surface area contributed by atoms with Gasteiger partial charge in [0, 0.05) is 14.2 Å². The van der Waals surface area contributed by atoms with E-state index in [1.54, 1.807) is 0 Å². The summed E-state index contributed by atoms with van der Waals surface area (Å²) in [5.74, 6) is 0. The predicted octanol–water partition coefficient (Wildman–Crippen LogP) is 10.3. The second-order valence-corrected chi connectivity index (χ2v) is 6.92. The fourth-order valence-electron chi connectivity index (χ4n) is 0.0745. The first-order valence-corrected chi connectivity index (χ1v) is 16.9. The van der Waals surface area contributed by atoms with Crippen LogP contribution in [0.25, 0.3) is 0 Å². The predicted molar refractivity (Wildman–Crippen MR) is 164 cm³/mol. The van der Waals surface area contributed by atoms with Gasteiger partial charge in [-0.15, -0.1) is 17.2 Å². The van der Waals surface area contributed by atoms with E-state index in [0.29, 0.717) is 0 Å². The van der Waals surface area contributed by atoms with E-state index >= 15 is 0 Å². The maximum atomic E-state index is 10.1. The van der Waals surface area contributed by atoms with Crippen LogP contribution in [0.5, 0.6) is 0 Å².